The molecule has 2 aromatic rings. The van der Waals surface area contributed by atoms with Gasteiger partial charge in [-0.2, -0.15) is 0 Å². The van der Waals surface area contributed by atoms with E-state index >= 15 is 0 Å². The average Bonchev–Trinajstić information content (AvgIpc) is 2.81. The minimum absolute atomic E-state index is 0.0653. The Morgan fingerprint density at radius 3 is 3.00 bits per heavy atom. The lowest BCUT2D eigenvalue weighted by molar-refractivity contribution is 0.189. The first-order chi connectivity index (χ1) is 8.65. The van der Waals surface area contributed by atoms with Crippen LogP contribution in [-0.2, 0) is 6.42 Å². The molecule has 0 amide bonds. The van der Waals surface area contributed by atoms with E-state index in [0.717, 1.165) is 12.2 Å². The third-order valence-electron chi connectivity index (χ3n) is 2.64. The number of thiazole rings is 1. The molecule has 0 fully saturated rings. The normalized spacial score (nSPS) is 14.2. The van der Waals surface area contributed by atoms with Crippen molar-refractivity contribution in [3.63, 3.8) is 0 Å². The summed E-state index contributed by atoms with van der Waals surface area (Å²) < 4.78 is 5.78. The molecule has 0 aliphatic heterocycles. The molecule has 96 valence electrons. The number of halogens is 1. The average molecular weight is 283 g/mol. The van der Waals surface area contributed by atoms with Crippen LogP contribution in [0.5, 0.6) is 5.75 Å². The molecule has 1 aromatic heterocycles. The highest BCUT2D eigenvalue weighted by Gasteiger charge is 2.15. The van der Waals surface area contributed by atoms with Crippen molar-refractivity contribution in [2.75, 3.05) is 0 Å². The zero-order valence-electron chi connectivity index (χ0n) is 10.0. The van der Waals surface area contributed by atoms with E-state index < -0.39 is 0 Å². The van der Waals surface area contributed by atoms with E-state index in [4.69, 9.17) is 22.1 Å². The lowest BCUT2D eigenvalue weighted by Gasteiger charge is -2.21. The second kappa shape index (κ2) is 6.18. The topological polar surface area (TPSA) is 48.1 Å². The predicted molar refractivity (Wildman–Crippen MR) is 75.3 cm³/mol. The number of nitrogens with zero attached hydrogens (tertiary/aromatic N) is 1. The SMILES string of the molecule is CC(Oc1cccc(Cl)c1)C(N)Cc1cncs1. The molecule has 5 heteroatoms. The van der Waals surface area contributed by atoms with Crippen molar-refractivity contribution in [1.82, 2.24) is 4.98 Å². The van der Waals surface area contributed by atoms with E-state index in [0.29, 0.717) is 5.02 Å². The third-order valence-corrected chi connectivity index (χ3v) is 3.68. The zero-order valence-corrected chi connectivity index (χ0v) is 11.6. The molecule has 2 atom stereocenters. The fourth-order valence-electron chi connectivity index (χ4n) is 1.58. The second-order valence-electron chi connectivity index (χ2n) is 4.12. The molecule has 2 N–H and O–H groups in total. The van der Waals surface area contributed by atoms with Gasteiger partial charge in [-0.3, -0.25) is 4.98 Å². The Morgan fingerprint density at radius 2 is 2.33 bits per heavy atom. The Labute approximate surface area is 116 Å². The molecule has 0 aliphatic carbocycles. The van der Waals surface area contributed by atoms with Gasteiger partial charge in [0.1, 0.15) is 11.9 Å². The molecular weight excluding hydrogens is 268 g/mol. The van der Waals surface area contributed by atoms with Crippen LogP contribution >= 0.6 is 22.9 Å². The molecular formula is C13H15ClN2OS. The number of aromatic nitrogens is 1. The quantitative estimate of drug-likeness (QED) is 0.916. The van der Waals surface area contributed by atoms with E-state index in [2.05, 4.69) is 4.98 Å². The second-order valence-corrected chi connectivity index (χ2v) is 5.52. The van der Waals surface area contributed by atoms with Gasteiger partial charge in [0.2, 0.25) is 0 Å². The van der Waals surface area contributed by atoms with E-state index in [1.807, 2.05) is 36.8 Å². The van der Waals surface area contributed by atoms with Crippen LogP contribution in [0, 0.1) is 0 Å². The fraction of sp³-hybridized carbons (Fsp3) is 0.308. The van der Waals surface area contributed by atoms with Crippen LogP contribution in [0.25, 0.3) is 0 Å². The first-order valence-corrected chi connectivity index (χ1v) is 6.96. The van der Waals surface area contributed by atoms with Gasteiger partial charge in [0.15, 0.2) is 0 Å². The van der Waals surface area contributed by atoms with Gasteiger partial charge in [-0.1, -0.05) is 17.7 Å². The summed E-state index contributed by atoms with van der Waals surface area (Å²) in [5.74, 6) is 0.745. The number of hydrogen-bond donors (Lipinski definition) is 1. The van der Waals surface area contributed by atoms with Crippen molar-refractivity contribution in [3.8, 4) is 5.75 Å². The van der Waals surface area contributed by atoms with Crippen LogP contribution < -0.4 is 10.5 Å². The molecule has 0 spiro atoms. The summed E-state index contributed by atoms with van der Waals surface area (Å²) >= 11 is 7.51. The van der Waals surface area contributed by atoms with Gasteiger partial charge in [0, 0.05) is 28.6 Å². The van der Waals surface area contributed by atoms with Crippen LogP contribution in [0.4, 0.5) is 0 Å². The zero-order chi connectivity index (χ0) is 13.0. The van der Waals surface area contributed by atoms with E-state index in [1.165, 1.54) is 4.88 Å². The van der Waals surface area contributed by atoms with Gasteiger partial charge in [-0.15, -0.1) is 11.3 Å². The van der Waals surface area contributed by atoms with E-state index in [9.17, 15) is 0 Å². The summed E-state index contributed by atoms with van der Waals surface area (Å²) in [4.78, 5) is 5.21. The first-order valence-electron chi connectivity index (χ1n) is 5.70. The Balaban J connectivity index is 1.93. The van der Waals surface area contributed by atoms with Crippen molar-refractivity contribution >= 4 is 22.9 Å². The van der Waals surface area contributed by atoms with Gasteiger partial charge >= 0.3 is 0 Å². The molecule has 3 nitrogen and oxygen atoms in total. The summed E-state index contributed by atoms with van der Waals surface area (Å²) in [6, 6.07) is 7.28. The summed E-state index contributed by atoms with van der Waals surface area (Å²) in [5.41, 5.74) is 7.93. The molecule has 0 aliphatic rings. The number of nitrogens with two attached hydrogens (primary N) is 1. The summed E-state index contributed by atoms with van der Waals surface area (Å²) in [6.45, 7) is 1.96. The first kappa shape index (κ1) is 13.3. The number of benzene rings is 1. The summed E-state index contributed by atoms with van der Waals surface area (Å²) in [6.07, 6.45) is 2.54. The fourth-order valence-corrected chi connectivity index (χ4v) is 2.43. The standard InChI is InChI=1S/C13H15ClN2OS/c1-9(13(15)6-12-7-16-8-18-12)17-11-4-2-3-10(14)5-11/h2-5,7-9,13H,6,15H2,1H3. The molecule has 1 heterocycles. The summed E-state index contributed by atoms with van der Waals surface area (Å²) in [7, 11) is 0. The molecule has 1 aromatic carbocycles. The van der Waals surface area contributed by atoms with Crippen LogP contribution in [0.3, 0.4) is 0 Å². The highest BCUT2D eigenvalue weighted by Crippen LogP contribution is 2.19. The Bertz CT molecular complexity index is 489. The lowest BCUT2D eigenvalue weighted by atomic mass is 10.1. The minimum atomic E-state index is -0.0782. The minimum Gasteiger partial charge on any atom is -0.489 e. The molecule has 0 saturated carbocycles. The lowest BCUT2D eigenvalue weighted by Crippen LogP contribution is -2.38. The highest BCUT2D eigenvalue weighted by atomic mass is 35.5. The molecule has 18 heavy (non-hydrogen) atoms. The molecule has 0 saturated heterocycles. The van der Waals surface area contributed by atoms with E-state index in [1.54, 1.807) is 17.4 Å². The van der Waals surface area contributed by atoms with Gasteiger partial charge in [-0.25, -0.2) is 0 Å². The maximum absolute atomic E-state index is 6.12. The van der Waals surface area contributed by atoms with Crippen LogP contribution in [0.15, 0.2) is 36.0 Å². The largest absolute Gasteiger partial charge is 0.489 e. The predicted octanol–water partition coefficient (Wildman–Crippen LogP) is 3.13. The van der Waals surface area contributed by atoms with Crippen molar-refractivity contribution in [2.24, 2.45) is 5.73 Å². The Kier molecular flexibility index (Phi) is 4.58. The third kappa shape index (κ3) is 3.70. The van der Waals surface area contributed by atoms with Crippen LogP contribution in [0.1, 0.15) is 11.8 Å². The van der Waals surface area contributed by atoms with Gasteiger partial charge < -0.3 is 10.5 Å². The van der Waals surface area contributed by atoms with E-state index in [-0.39, 0.29) is 12.1 Å². The van der Waals surface area contributed by atoms with Gasteiger partial charge in [0.25, 0.3) is 0 Å². The van der Waals surface area contributed by atoms with Crippen LogP contribution in [-0.4, -0.2) is 17.1 Å². The monoisotopic (exact) mass is 282 g/mol. The number of rotatable bonds is 5. The maximum atomic E-state index is 6.12. The van der Waals surface area contributed by atoms with Crippen LogP contribution in [0.2, 0.25) is 5.02 Å². The van der Waals surface area contributed by atoms with Crippen molar-refractivity contribution in [2.45, 2.75) is 25.5 Å². The smallest absolute Gasteiger partial charge is 0.121 e. The highest BCUT2D eigenvalue weighted by molar-refractivity contribution is 7.09. The molecule has 2 unspecified atom stereocenters. The van der Waals surface area contributed by atoms with Gasteiger partial charge in [-0.05, 0) is 25.1 Å². The number of ether oxygens (including phenoxy) is 1. The number of hydrogen-bond acceptors (Lipinski definition) is 4. The molecule has 0 bridgehead atoms. The van der Waals surface area contributed by atoms with Gasteiger partial charge in [0.05, 0.1) is 5.51 Å². The Hall–Kier alpha value is -1.10. The van der Waals surface area contributed by atoms with Crippen molar-refractivity contribution < 1.29 is 4.74 Å². The molecule has 0 radical (unpaired) electrons. The Morgan fingerprint density at radius 1 is 1.50 bits per heavy atom. The van der Waals surface area contributed by atoms with Crippen molar-refractivity contribution in [1.29, 1.82) is 0 Å². The van der Waals surface area contributed by atoms with Crippen molar-refractivity contribution in [3.05, 3.63) is 45.9 Å². The maximum Gasteiger partial charge on any atom is 0.121 e. The summed E-state index contributed by atoms with van der Waals surface area (Å²) in [5, 5.41) is 0.663. The molecule has 2 rings (SSSR count).